The molecule has 13 heavy (non-hydrogen) atoms. The first-order valence-electron chi connectivity index (χ1n) is 4.44. The van der Waals surface area contributed by atoms with Crippen LogP contribution in [0.1, 0.15) is 37.2 Å². The Morgan fingerprint density at radius 1 is 1.46 bits per heavy atom. The van der Waals surface area contributed by atoms with Gasteiger partial charge in [-0.05, 0) is 41.9 Å². The van der Waals surface area contributed by atoms with E-state index in [1.54, 1.807) is 0 Å². The minimum atomic E-state index is 0.583. The fourth-order valence-corrected chi connectivity index (χ4v) is 2.06. The third kappa shape index (κ3) is 1.96. The highest BCUT2D eigenvalue weighted by atomic mass is 127. The smallest absolute Gasteiger partial charge is 0.146 e. The average molecular weight is 309 g/mol. The topological polar surface area (TPSA) is 25.8 Å². The van der Waals surface area contributed by atoms with Gasteiger partial charge < -0.3 is 0 Å². The third-order valence-electron chi connectivity index (χ3n) is 2.17. The van der Waals surface area contributed by atoms with E-state index in [1.165, 1.54) is 12.8 Å². The molecule has 1 aromatic heterocycles. The number of aryl methyl sites for hydroxylation is 1. The Balaban J connectivity index is 2.43. The van der Waals surface area contributed by atoms with Gasteiger partial charge in [-0.2, -0.15) is 0 Å². The van der Waals surface area contributed by atoms with Gasteiger partial charge in [-0.25, -0.2) is 9.97 Å². The Bertz CT molecular complexity index is 337. The quantitative estimate of drug-likeness (QED) is 0.619. The van der Waals surface area contributed by atoms with Crippen molar-refractivity contribution < 1.29 is 0 Å². The first-order valence-corrected chi connectivity index (χ1v) is 5.89. The van der Waals surface area contributed by atoms with Crippen LogP contribution >= 0.6 is 34.2 Å². The molecule has 0 amide bonds. The van der Waals surface area contributed by atoms with E-state index in [1.807, 2.05) is 0 Å². The van der Waals surface area contributed by atoms with Gasteiger partial charge in [0.15, 0.2) is 0 Å². The van der Waals surface area contributed by atoms with E-state index in [-0.39, 0.29) is 0 Å². The second-order valence-corrected chi connectivity index (χ2v) is 4.70. The van der Waals surface area contributed by atoms with Crippen LogP contribution in [0.3, 0.4) is 0 Å². The van der Waals surface area contributed by atoms with Crippen molar-refractivity contribution in [2.75, 3.05) is 0 Å². The third-order valence-corrected chi connectivity index (χ3v) is 3.90. The van der Waals surface area contributed by atoms with Crippen LogP contribution in [0.5, 0.6) is 0 Å². The maximum atomic E-state index is 6.01. The standard InChI is InChI=1S/C9H10ClIN2/c1-2-6-7(11)8(10)13-9(12-6)5-3-4-5/h5H,2-4H2,1H3. The molecule has 0 aliphatic heterocycles. The first kappa shape index (κ1) is 9.65. The molecule has 0 spiro atoms. The molecule has 0 unspecified atom stereocenters. The Labute approximate surface area is 96.3 Å². The molecular weight excluding hydrogens is 298 g/mol. The van der Waals surface area contributed by atoms with Crippen LogP contribution in [0, 0.1) is 3.57 Å². The fraction of sp³-hybridized carbons (Fsp3) is 0.556. The molecule has 1 fully saturated rings. The minimum absolute atomic E-state index is 0.583. The van der Waals surface area contributed by atoms with E-state index >= 15 is 0 Å². The van der Waals surface area contributed by atoms with E-state index in [4.69, 9.17) is 11.6 Å². The molecule has 70 valence electrons. The van der Waals surface area contributed by atoms with Gasteiger partial charge in [0, 0.05) is 5.92 Å². The molecule has 2 rings (SSSR count). The predicted octanol–water partition coefficient (Wildman–Crippen LogP) is 3.17. The summed E-state index contributed by atoms with van der Waals surface area (Å²) in [5, 5.41) is 0.620. The summed E-state index contributed by atoms with van der Waals surface area (Å²) in [6.07, 6.45) is 3.38. The molecule has 0 aromatic carbocycles. The van der Waals surface area contributed by atoms with Crippen LogP contribution in [-0.2, 0) is 6.42 Å². The van der Waals surface area contributed by atoms with Gasteiger partial charge in [0.1, 0.15) is 11.0 Å². The number of nitrogens with zero attached hydrogens (tertiary/aromatic N) is 2. The normalized spacial score (nSPS) is 16.2. The van der Waals surface area contributed by atoms with Gasteiger partial charge >= 0.3 is 0 Å². The van der Waals surface area contributed by atoms with Crippen LogP contribution in [-0.4, -0.2) is 9.97 Å². The summed E-state index contributed by atoms with van der Waals surface area (Å²) in [4.78, 5) is 8.80. The van der Waals surface area contributed by atoms with Gasteiger partial charge in [0.05, 0.1) is 9.26 Å². The lowest BCUT2D eigenvalue weighted by atomic mass is 10.3. The van der Waals surface area contributed by atoms with Crippen molar-refractivity contribution in [1.82, 2.24) is 9.97 Å². The monoisotopic (exact) mass is 308 g/mol. The SMILES string of the molecule is CCc1nc(C2CC2)nc(Cl)c1I. The molecule has 1 aliphatic carbocycles. The zero-order valence-corrected chi connectivity index (χ0v) is 10.3. The fourth-order valence-electron chi connectivity index (χ4n) is 1.24. The summed E-state index contributed by atoms with van der Waals surface area (Å²) in [5.41, 5.74) is 1.09. The molecular formula is C9H10ClIN2. The van der Waals surface area contributed by atoms with Gasteiger partial charge in [0.25, 0.3) is 0 Å². The van der Waals surface area contributed by atoms with Crippen LogP contribution in [0.15, 0.2) is 0 Å². The molecule has 0 bridgehead atoms. The minimum Gasteiger partial charge on any atom is -0.236 e. The van der Waals surface area contributed by atoms with Crippen molar-refractivity contribution in [3.63, 3.8) is 0 Å². The van der Waals surface area contributed by atoms with Crippen LogP contribution in [0.2, 0.25) is 5.15 Å². The highest BCUT2D eigenvalue weighted by molar-refractivity contribution is 14.1. The summed E-state index contributed by atoms with van der Waals surface area (Å²) in [5.74, 6) is 1.53. The van der Waals surface area contributed by atoms with E-state index < -0.39 is 0 Å². The Morgan fingerprint density at radius 2 is 2.15 bits per heavy atom. The molecule has 1 aromatic rings. The van der Waals surface area contributed by atoms with Crippen molar-refractivity contribution in [1.29, 1.82) is 0 Å². The lowest BCUT2D eigenvalue weighted by molar-refractivity contribution is 0.869. The van der Waals surface area contributed by atoms with Gasteiger partial charge in [-0.15, -0.1) is 0 Å². The molecule has 0 saturated heterocycles. The number of hydrogen-bond donors (Lipinski definition) is 0. The molecule has 0 atom stereocenters. The van der Waals surface area contributed by atoms with Gasteiger partial charge in [-0.3, -0.25) is 0 Å². The van der Waals surface area contributed by atoms with Crippen LogP contribution in [0.25, 0.3) is 0 Å². The lowest BCUT2D eigenvalue weighted by Gasteiger charge is -2.04. The number of rotatable bonds is 2. The van der Waals surface area contributed by atoms with E-state index in [2.05, 4.69) is 39.5 Å². The Hall–Kier alpha value is 0.100. The second-order valence-electron chi connectivity index (χ2n) is 3.26. The van der Waals surface area contributed by atoms with Crippen molar-refractivity contribution >= 4 is 34.2 Å². The molecule has 1 heterocycles. The molecule has 0 N–H and O–H groups in total. The van der Waals surface area contributed by atoms with E-state index in [0.29, 0.717) is 11.1 Å². The van der Waals surface area contributed by atoms with Crippen molar-refractivity contribution in [2.45, 2.75) is 32.1 Å². The van der Waals surface area contributed by atoms with E-state index in [0.717, 1.165) is 21.5 Å². The first-order chi connectivity index (χ1) is 6.22. The molecule has 1 aliphatic rings. The largest absolute Gasteiger partial charge is 0.236 e. The highest BCUT2D eigenvalue weighted by Gasteiger charge is 2.27. The number of aromatic nitrogens is 2. The molecule has 2 nitrogen and oxygen atoms in total. The molecule has 0 radical (unpaired) electrons. The summed E-state index contributed by atoms with van der Waals surface area (Å²) >= 11 is 8.22. The average Bonchev–Trinajstić information content (AvgIpc) is 2.92. The van der Waals surface area contributed by atoms with Gasteiger partial charge in [0.2, 0.25) is 0 Å². The van der Waals surface area contributed by atoms with Crippen molar-refractivity contribution in [3.8, 4) is 0 Å². The summed E-state index contributed by atoms with van der Waals surface area (Å²) in [6, 6.07) is 0. The Kier molecular flexibility index (Phi) is 2.74. The Morgan fingerprint density at radius 3 is 2.69 bits per heavy atom. The zero-order valence-electron chi connectivity index (χ0n) is 7.35. The predicted molar refractivity (Wildman–Crippen MR) is 61.1 cm³/mol. The second kappa shape index (κ2) is 3.69. The van der Waals surface area contributed by atoms with E-state index in [9.17, 15) is 0 Å². The van der Waals surface area contributed by atoms with Crippen molar-refractivity contribution in [2.24, 2.45) is 0 Å². The molecule has 1 saturated carbocycles. The zero-order chi connectivity index (χ0) is 9.42. The maximum Gasteiger partial charge on any atom is 0.146 e. The van der Waals surface area contributed by atoms with Crippen LogP contribution < -0.4 is 0 Å². The van der Waals surface area contributed by atoms with Crippen molar-refractivity contribution in [3.05, 3.63) is 20.2 Å². The summed E-state index contributed by atoms with van der Waals surface area (Å²) < 4.78 is 1.01. The summed E-state index contributed by atoms with van der Waals surface area (Å²) in [7, 11) is 0. The lowest BCUT2D eigenvalue weighted by Crippen LogP contribution is -2.01. The number of hydrogen-bond acceptors (Lipinski definition) is 2. The molecule has 4 heteroatoms. The maximum absolute atomic E-state index is 6.01. The summed E-state index contributed by atoms with van der Waals surface area (Å²) in [6.45, 7) is 2.09. The highest BCUT2D eigenvalue weighted by Crippen LogP contribution is 2.39. The number of halogens is 2. The van der Waals surface area contributed by atoms with Crippen LogP contribution in [0.4, 0.5) is 0 Å². The van der Waals surface area contributed by atoms with Gasteiger partial charge in [-0.1, -0.05) is 18.5 Å².